The van der Waals surface area contributed by atoms with Crippen molar-refractivity contribution < 1.29 is 9.59 Å². The number of nitrogens with zero attached hydrogens (tertiary/aromatic N) is 3. The minimum absolute atomic E-state index is 0.0967. The van der Waals surface area contributed by atoms with Gasteiger partial charge in [-0.25, -0.2) is 9.97 Å². The van der Waals surface area contributed by atoms with Gasteiger partial charge in [0.1, 0.15) is 10.9 Å². The van der Waals surface area contributed by atoms with E-state index in [0.29, 0.717) is 18.0 Å². The van der Waals surface area contributed by atoms with E-state index in [0.717, 1.165) is 53.2 Å². The Morgan fingerprint density at radius 2 is 2.00 bits per heavy atom. The maximum Gasteiger partial charge on any atom is 0.234 e. The van der Waals surface area contributed by atoms with Crippen LogP contribution < -0.4 is 10.2 Å². The van der Waals surface area contributed by atoms with E-state index in [2.05, 4.69) is 10.3 Å². The SMILES string of the molecule is O=C(CSc1nc(C2CC2)nc2ccccc12)Nc1cccc(N2CCCC2=O)c1. The predicted octanol–water partition coefficient (Wildman–Crippen LogP) is 4.36. The van der Waals surface area contributed by atoms with Gasteiger partial charge in [0.05, 0.1) is 11.3 Å². The van der Waals surface area contributed by atoms with E-state index in [1.807, 2.05) is 48.5 Å². The molecule has 0 radical (unpaired) electrons. The largest absolute Gasteiger partial charge is 0.325 e. The van der Waals surface area contributed by atoms with Crippen LogP contribution >= 0.6 is 11.8 Å². The third-order valence-electron chi connectivity index (χ3n) is 5.38. The lowest BCUT2D eigenvalue weighted by Crippen LogP contribution is -2.23. The van der Waals surface area contributed by atoms with Gasteiger partial charge in [-0.2, -0.15) is 0 Å². The molecule has 0 atom stereocenters. The minimum Gasteiger partial charge on any atom is -0.325 e. The molecule has 2 aliphatic rings. The van der Waals surface area contributed by atoms with Crippen molar-refractivity contribution in [3.05, 3.63) is 54.4 Å². The number of para-hydroxylation sites is 1. The summed E-state index contributed by atoms with van der Waals surface area (Å²) < 4.78 is 0. The first-order valence-electron chi connectivity index (χ1n) is 10.3. The summed E-state index contributed by atoms with van der Waals surface area (Å²) in [5.74, 6) is 1.65. The standard InChI is InChI=1S/C23H22N4O2S/c28-20(24-16-5-3-6-17(13-16)27-12-4-9-21(27)29)14-30-23-18-7-1-2-8-19(18)25-22(26-23)15-10-11-15/h1-3,5-8,13,15H,4,9-12,14H2,(H,24,28). The van der Waals surface area contributed by atoms with Crippen molar-refractivity contribution in [2.75, 3.05) is 22.5 Å². The molecule has 1 aliphatic heterocycles. The first-order valence-corrected chi connectivity index (χ1v) is 11.3. The number of anilines is 2. The average Bonchev–Trinajstić information content (AvgIpc) is 3.52. The molecule has 2 heterocycles. The van der Waals surface area contributed by atoms with Crippen LogP contribution in [0.15, 0.2) is 53.6 Å². The number of amides is 2. The van der Waals surface area contributed by atoms with Crippen molar-refractivity contribution in [2.45, 2.75) is 36.6 Å². The van der Waals surface area contributed by atoms with E-state index in [1.165, 1.54) is 11.8 Å². The Morgan fingerprint density at radius 3 is 2.80 bits per heavy atom. The zero-order valence-electron chi connectivity index (χ0n) is 16.5. The Balaban J connectivity index is 1.28. The summed E-state index contributed by atoms with van der Waals surface area (Å²) in [6, 6.07) is 15.4. The van der Waals surface area contributed by atoms with Crippen LogP contribution in [-0.2, 0) is 9.59 Å². The molecule has 152 valence electrons. The molecule has 2 aromatic carbocycles. The highest BCUT2D eigenvalue weighted by atomic mass is 32.2. The molecular formula is C23H22N4O2S. The summed E-state index contributed by atoms with van der Waals surface area (Å²) in [6.07, 6.45) is 3.74. The summed E-state index contributed by atoms with van der Waals surface area (Å²) in [4.78, 5) is 35.8. The topological polar surface area (TPSA) is 75.2 Å². The Bertz CT molecular complexity index is 1130. The number of carbonyl (C=O) groups excluding carboxylic acids is 2. The Kier molecular flexibility index (Phi) is 5.12. The van der Waals surface area contributed by atoms with Gasteiger partial charge in [-0.05, 0) is 43.5 Å². The fraction of sp³-hybridized carbons (Fsp3) is 0.304. The quantitative estimate of drug-likeness (QED) is 0.475. The van der Waals surface area contributed by atoms with Crippen LogP contribution in [0.3, 0.4) is 0 Å². The van der Waals surface area contributed by atoms with Crippen molar-refractivity contribution in [2.24, 2.45) is 0 Å². The van der Waals surface area contributed by atoms with E-state index in [-0.39, 0.29) is 17.6 Å². The Hall–Kier alpha value is -2.93. The van der Waals surface area contributed by atoms with E-state index in [9.17, 15) is 9.59 Å². The van der Waals surface area contributed by atoms with Gasteiger partial charge in [0.25, 0.3) is 0 Å². The fourth-order valence-corrected chi connectivity index (χ4v) is 4.53. The van der Waals surface area contributed by atoms with Gasteiger partial charge in [0.15, 0.2) is 0 Å². The number of thioether (sulfide) groups is 1. The maximum atomic E-state index is 12.6. The molecule has 0 bridgehead atoms. The number of carbonyl (C=O) groups is 2. The third-order valence-corrected chi connectivity index (χ3v) is 6.37. The summed E-state index contributed by atoms with van der Waals surface area (Å²) >= 11 is 1.44. The van der Waals surface area contributed by atoms with Crippen LogP contribution in [-0.4, -0.2) is 34.1 Å². The minimum atomic E-state index is -0.0967. The molecule has 2 amide bonds. The molecule has 1 saturated heterocycles. The van der Waals surface area contributed by atoms with Gasteiger partial charge < -0.3 is 10.2 Å². The highest BCUT2D eigenvalue weighted by molar-refractivity contribution is 8.00. The predicted molar refractivity (Wildman–Crippen MR) is 119 cm³/mol. The monoisotopic (exact) mass is 418 g/mol. The van der Waals surface area contributed by atoms with E-state index in [4.69, 9.17) is 4.98 Å². The molecular weight excluding hydrogens is 396 g/mol. The zero-order valence-corrected chi connectivity index (χ0v) is 17.3. The molecule has 1 aromatic heterocycles. The van der Waals surface area contributed by atoms with Crippen molar-refractivity contribution in [3.8, 4) is 0 Å². The maximum absolute atomic E-state index is 12.6. The summed E-state index contributed by atoms with van der Waals surface area (Å²) in [5.41, 5.74) is 2.46. The molecule has 6 nitrogen and oxygen atoms in total. The number of aromatic nitrogens is 2. The zero-order chi connectivity index (χ0) is 20.5. The average molecular weight is 419 g/mol. The van der Waals surface area contributed by atoms with Crippen molar-refractivity contribution in [3.63, 3.8) is 0 Å². The molecule has 3 aromatic rings. The Labute approximate surface area is 179 Å². The first-order chi connectivity index (χ1) is 14.7. The van der Waals surface area contributed by atoms with Gasteiger partial charge in [-0.1, -0.05) is 36.0 Å². The van der Waals surface area contributed by atoms with Crippen LogP contribution in [0.4, 0.5) is 11.4 Å². The highest BCUT2D eigenvalue weighted by Crippen LogP contribution is 2.39. The number of hydrogen-bond donors (Lipinski definition) is 1. The molecule has 0 spiro atoms. The van der Waals surface area contributed by atoms with Crippen LogP contribution in [0.25, 0.3) is 10.9 Å². The second-order valence-corrected chi connectivity index (χ2v) is 8.68. The summed E-state index contributed by atoms with van der Waals surface area (Å²) in [5, 5.41) is 4.78. The highest BCUT2D eigenvalue weighted by Gasteiger charge is 2.27. The molecule has 0 unspecified atom stereocenters. The molecule has 7 heteroatoms. The first kappa shape index (κ1) is 19.1. The number of benzene rings is 2. The van der Waals surface area contributed by atoms with Crippen molar-refractivity contribution >= 4 is 45.9 Å². The number of rotatable bonds is 6. The normalized spacial score (nSPS) is 16.3. The lowest BCUT2D eigenvalue weighted by atomic mass is 10.2. The van der Waals surface area contributed by atoms with Crippen LogP contribution in [0.5, 0.6) is 0 Å². The number of nitrogens with one attached hydrogen (secondary N) is 1. The number of fused-ring (bicyclic) bond motifs is 1. The van der Waals surface area contributed by atoms with Crippen LogP contribution in [0.1, 0.15) is 37.4 Å². The van der Waals surface area contributed by atoms with Gasteiger partial charge in [-0.15, -0.1) is 0 Å². The van der Waals surface area contributed by atoms with Gasteiger partial charge in [0.2, 0.25) is 11.8 Å². The molecule has 2 fully saturated rings. The van der Waals surface area contributed by atoms with Gasteiger partial charge in [0, 0.05) is 35.6 Å². The fourth-order valence-electron chi connectivity index (χ4n) is 3.70. The van der Waals surface area contributed by atoms with Gasteiger partial charge >= 0.3 is 0 Å². The molecule has 1 saturated carbocycles. The van der Waals surface area contributed by atoms with Crippen LogP contribution in [0, 0.1) is 0 Å². The molecule has 5 rings (SSSR count). The second kappa shape index (κ2) is 8.07. The number of hydrogen-bond acceptors (Lipinski definition) is 5. The Morgan fingerprint density at radius 1 is 1.13 bits per heavy atom. The third kappa shape index (κ3) is 4.03. The molecule has 1 N–H and O–H groups in total. The lowest BCUT2D eigenvalue weighted by molar-refractivity contribution is -0.117. The van der Waals surface area contributed by atoms with Crippen molar-refractivity contribution in [1.29, 1.82) is 0 Å². The van der Waals surface area contributed by atoms with Crippen molar-refractivity contribution in [1.82, 2.24) is 9.97 Å². The molecule has 30 heavy (non-hydrogen) atoms. The summed E-state index contributed by atoms with van der Waals surface area (Å²) in [6.45, 7) is 0.732. The van der Waals surface area contributed by atoms with Crippen LogP contribution in [0.2, 0.25) is 0 Å². The van der Waals surface area contributed by atoms with Gasteiger partial charge in [-0.3, -0.25) is 9.59 Å². The lowest BCUT2D eigenvalue weighted by Gasteiger charge is -2.16. The smallest absolute Gasteiger partial charge is 0.234 e. The second-order valence-electron chi connectivity index (χ2n) is 7.71. The summed E-state index contributed by atoms with van der Waals surface area (Å²) in [7, 11) is 0. The molecule has 1 aliphatic carbocycles. The van der Waals surface area contributed by atoms with E-state index >= 15 is 0 Å². The van der Waals surface area contributed by atoms with E-state index in [1.54, 1.807) is 4.90 Å². The van der Waals surface area contributed by atoms with E-state index < -0.39 is 0 Å².